The molecule has 0 aliphatic heterocycles. The molecule has 0 aromatic carbocycles. The first-order valence-electron chi connectivity index (χ1n) is 6.12. The number of nitrogens with two attached hydrogens (primary N) is 1. The van der Waals surface area contributed by atoms with Crippen molar-refractivity contribution >= 4 is 17.2 Å². The Bertz CT molecular complexity index is 327. The number of hydrogen-bond donors (Lipinski definition) is 1. The number of rotatable bonds is 8. The molecule has 17 heavy (non-hydrogen) atoms. The normalized spacial score (nSPS) is 10.7. The third-order valence-electron chi connectivity index (χ3n) is 2.75. The summed E-state index contributed by atoms with van der Waals surface area (Å²) in [5.41, 5.74) is 6.79. The van der Waals surface area contributed by atoms with E-state index in [1.807, 2.05) is 12.4 Å². The van der Waals surface area contributed by atoms with E-state index in [1.54, 1.807) is 0 Å². The van der Waals surface area contributed by atoms with E-state index in [0.717, 1.165) is 38.9 Å². The molecule has 0 spiro atoms. The maximum atomic E-state index is 5.48. The summed E-state index contributed by atoms with van der Waals surface area (Å²) in [5, 5.41) is 0. The van der Waals surface area contributed by atoms with Crippen molar-refractivity contribution in [3.63, 3.8) is 0 Å². The van der Waals surface area contributed by atoms with Crippen LogP contribution in [0.5, 0.6) is 0 Å². The van der Waals surface area contributed by atoms with Crippen LogP contribution in [0.3, 0.4) is 0 Å². The monoisotopic (exact) mass is 251 g/mol. The van der Waals surface area contributed by atoms with Crippen LogP contribution in [0.15, 0.2) is 24.5 Å². The topological polar surface area (TPSA) is 42.1 Å². The molecule has 0 aliphatic rings. The third kappa shape index (κ3) is 6.34. The molecule has 0 saturated heterocycles. The summed E-state index contributed by atoms with van der Waals surface area (Å²) in [4.78, 5) is 7.08. The lowest BCUT2D eigenvalue weighted by Crippen LogP contribution is -2.24. The quantitative estimate of drug-likeness (QED) is 0.569. The molecule has 1 rings (SSSR count). The summed E-state index contributed by atoms with van der Waals surface area (Å²) in [5.74, 6) is 0. The van der Waals surface area contributed by atoms with Crippen molar-refractivity contribution in [2.45, 2.75) is 32.7 Å². The second-order valence-electron chi connectivity index (χ2n) is 4.15. The van der Waals surface area contributed by atoms with Gasteiger partial charge in [-0.05, 0) is 50.0 Å². The van der Waals surface area contributed by atoms with Gasteiger partial charge in [-0.3, -0.25) is 9.88 Å². The molecule has 4 heteroatoms. The zero-order chi connectivity index (χ0) is 12.5. The Balaban J connectivity index is 2.27. The maximum absolute atomic E-state index is 5.48. The summed E-state index contributed by atoms with van der Waals surface area (Å²) < 4.78 is 0. The molecule has 0 saturated carbocycles. The van der Waals surface area contributed by atoms with E-state index < -0.39 is 0 Å². The molecule has 1 heterocycles. The third-order valence-corrected chi connectivity index (χ3v) is 2.95. The van der Waals surface area contributed by atoms with Gasteiger partial charge in [0.1, 0.15) is 0 Å². The van der Waals surface area contributed by atoms with E-state index in [-0.39, 0.29) is 0 Å². The average Bonchev–Trinajstić information content (AvgIpc) is 2.34. The largest absolute Gasteiger partial charge is 0.393 e. The number of unbranched alkanes of at least 4 members (excludes halogenated alkanes) is 1. The fourth-order valence-corrected chi connectivity index (χ4v) is 1.87. The van der Waals surface area contributed by atoms with Crippen molar-refractivity contribution in [3.8, 4) is 0 Å². The van der Waals surface area contributed by atoms with E-state index in [0.29, 0.717) is 4.99 Å². The lowest BCUT2D eigenvalue weighted by atomic mass is 10.2. The summed E-state index contributed by atoms with van der Waals surface area (Å²) in [7, 11) is 0. The highest BCUT2D eigenvalue weighted by Gasteiger charge is 2.03. The van der Waals surface area contributed by atoms with Crippen molar-refractivity contribution in [2.75, 3.05) is 13.1 Å². The van der Waals surface area contributed by atoms with Gasteiger partial charge in [-0.2, -0.15) is 0 Å². The highest BCUT2D eigenvalue weighted by molar-refractivity contribution is 7.80. The van der Waals surface area contributed by atoms with Crippen LogP contribution < -0.4 is 5.73 Å². The van der Waals surface area contributed by atoms with E-state index >= 15 is 0 Å². The Morgan fingerprint density at radius 2 is 2.06 bits per heavy atom. The second-order valence-corrected chi connectivity index (χ2v) is 4.67. The summed E-state index contributed by atoms with van der Waals surface area (Å²) in [6.07, 6.45) is 6.78. The zero-order valence-electron chi connectivity index (χ0n) is 10.4. The second kappa shape index (κ2) is 8.14. The van der Waals surface area contributed by atoms with Gasteiger partial charge in [-0.1, -0.05) is 19.1 Å². The molecule has 0 aliphatic carbocycles. The van der Waals surface area contributed by atoms with E-state index in [2.05, 4.69) is 28.9 Å². The van der Waals surface area contributed by atoms with Gasteiger partial charge in [0, 0.05) is 18.9 Å². The van der Waals surface area contributed by atoms with Gasteiger partial charge >= 0.3 is 0 Å². The minimum absolute atomic E-state index is 0.627. The fraction of sp³-hybridized carbons (Fsp3) is 0.538. The molecule has 0 atom stereocenters. The van der Waals surface area contributed by atoms with Gasteiger partial charge in [-0.15, -0.1) is 0 Å². The molecule has 2 N–H and O–H groups in total. The summed E-state index contributed by atoms with van der Waals surface area (Å²) >= 11 is 4.87. The number of hydrogen-bond acceptors (Lipinski definition) is 3. The number of aromatic nitrogens is 1. The number of thiocarbonyl (C=S) groups is 1. The van der Waals surface area contributed by atoms with Crippen LogP contribution >= 0.6 is 12.2 Å². The first-order chi connectivity index (χ1) is 8.22. The predicted molar refractivity (Wildman–Crippen MR) is 75.8 cm³/mol. The number of nitrogens with zero attached hydrogens (tertiary/aromatic N) is 2. The van der Waals surface area contributed by atoms with Crippen molar-refractivity contribution in [1.29, 1.82) is 0 Å². The number of pyridine rings is 1. The van der Waals surface area contributed by atoms with Crippen LogP contribution in [0.2, 0.25) is 0 Å². The van der Waals surface area contributed by atoms with Gasteiger partial charge in [0.05, 0.1) is 4.99 Å². The summed E-state index contributed by atoms with van der Waals surface area (Å²) in [6.45, 7) is 5.34. The maximum Gasteiger partial charge on any atom is 0.0727 e. The summed E-state index contributed by atoms with van der Waals surface area (Å²) in [6, 6.07) is 4.13. The van der Waals surface area contributed by atoms with Crippen molar-refractivity contribution in [2.24, 2.45) is 5.73 Å². The van der Waals surface area contributed by atoms with Crippen LogP contribution in [-0.4, -0.2) is 28.0 Å². The molecule has 1 aromatic rings. The molecule has 1 aromatic heterocycles. The van der Waals surface area contributed by atoms with Gasteiger partial charge in [0.25, 0.3) is 0 Å². The first-order valence-corrected chi connectivity index (χ1v) is 6.52. The lowest BCUT2D eigenvalue weighted by Gasteiger charge is -2.20. The van der Waals surface area contributed by atoms with Gasteiger partial charge in [0.15, 0.2) is 0 Å². The minimum Gasteiger partial charge on any atom is -0.393 e. The van der Waals surface area contributed by atoms with Crippen molar-refractivity contribution < 1.29 is 0 Å². The van der Waals surface area contributed by atoms with Crippen molar-refractivity contribution in [1.82, 2.24) is 9.88 Å². The van der Waals surface area contributed by atoms with Gasteiger partial charge < -0.3 is 5.73 Å². The zero-order valence-corrected chi connectivity index (χ0v) is 11.2. The van der Waals surface area contributed by atoms with Crippen LogP contribution in [0.4, 0.5) is 0 Å². The van der Waals surface area contributed by atoms with Gasteiger partial charge in [-0.25, -0.2) is 0 Å². The van der Waals surface area contributed by atoms with E-state index in [9.17, 15) is 0 Å². The molecule has 0 radical (unpaired) electrons. The lowest BCUT2D eigenvalue weighted by molar-refractivity contribution is 0.274. The Morgan fingerprint density at radius 1 is 1.35 bits per heavy atom. The van der Waals surface area contributed by atoms with Crippen molar-refractivity contribution in [3.05, 3.63) is 30.1 Å². The highest BCUT2D eigenvalue weighted by Crippen LogP contribution is 2.05. The molecule has 0 unspecified atom stereocenters. The predicted octanol–water partition coefficient (Wildman–Crippen LogP) is 2.36. The molecule has 3 nitrogen and oxygen atoms in total. The standard InChI is InChI=1S/C13H21N3S/c1-2-16(10-4-3-5-13(14)17)11-12-6-8-15-9-7-12/h6-9H,2-5,10-11H2,1H3,(H2,14,17). The van der Waals surface area contributed by atoms with Crippen LogP contribution in [0.25, 0.3) is 0 Å². The molecule has 94 valence electrons. The smallest absolute Gasteiger partial charge is 0.0727 e. The molecular formula is C13H21N3S. The van der Waals surface area contributed by atoms with E-state index in [4.69, 9.17) is 18.0 Å². The molecule has 0 fully saturated rings. The Morgan fingerprint density at radius 3 is 2.65 bits per heavy atom. The SMILES string of the molecule is CCN(CCCCC(N)=S)Cc1ccncc1. The minimum atomic E-state index is 0.627. The Labute approximate surface area is 109 Å². The molecule has 0 bridgehead atoms. The van der Waals surface area contributed by atoms with Crippen LogP contribution in [0.1, 0.15) is 31.7 Å². The van der Waals surface area contributed by atoms with Crippen LogP contribution in [0, 0.1) is 0 Å². The average molecular weight is 251 g/mol. The Hall–Kier alpha value is -1.00. The Kier molecular flexibility index (Phi) is 6.74. The van der Waals surface area contributed by atoms with E-state index in [1.165, 1.54) is 5.56 Å². The van der Waals surface area contributed by atoms with Crippen LogP contribution in [-0.2, 0) is 6.54 Å². The first kappa shape index (κ1) is 14.1. The fourth-order valence-electron chi connectivity index (χ4n) is 1.73. The molecule has 0 amide bonds. The molecular weight excluding hydrogens is 230 g/mol. The highest BCUT2D eigenvalue weighted by atomic mass is 32.1. The van der Waals surface area contributed by atoms with Gasteiger partial charge in [0.2, 0.25) is 0 Å².